The second-order valence-electron chi connectivity index (χ2n) is 13.1. The third-order valence-electron chi connectivity index (χ3n) is 9.19. The van der Waals surface area contributed by atoms with Crippen LogP contribution < -0.4 is 0 Å². The van der Waals surface area contributed by atoms with Gasteiger partial charge in [-0.1, -0.05) is 166 Å². The molecular weight excluding hydrogens is 609 g/mol. The lowest BCUT2D eigenvalue weighted by atomic mass is 9.89. The second-order valence-corrected chi connectivity index (χ2v) is 15.4. The molecule has 0 aliphatic heterocycles. The summed E-state index contributed by atoms with van der Waals surface area (Å²) in [4.78, 5) is 24.9. The van der Waals surface area contributed by atoms with Crippen molar-refractivity contribution in [3.8, 4) is 0 Å². The summed E-state index contributed by atoms with van der Waals surface area (Å²) in [5.41, 5.74) is 1.59. The van der Waals surface area contributed by atoms with Crippen molar-refractivity contribution in [2.75, 3.05) is 23.0 Å². The summed E-state index contributed by atoms with van der Waals surface area (Å²) in [6, 6.07) is 11.6. The van der Waals surface area contributed by atoms with Gasteiger partial charge >= 0.3 is 11.9 Å². The minimum Gasteiger partial charge on any atom is -0.481 e. The highest BCUT2D eigenvalue weighted by Gasteiger charge is 2.25. The number of carbonyl (C=O) groups is 2. The summed E-state index contributed by atoms with van der Waals surface area (Å²) < 4.78 is 0. The van der Waals surface area contributed by atoms with Crippen LogP contribution in [0.5, 0.6) is 0 Å². The van der Waals surface area contributed by atoms with E-state index >= 15 is 0 Å². The van der Waals surface area contributed by atoms with E-state index in [1.54, 1.807) is 23.5 Å². The molecule has 46 heavy (non-hydrogen) atoms. The maximum absolute atomic E-state index is 12.4. The zero-order valence-corrected chi connectivity index (χ0v) is 30.7. The van der Waals surface area contributed by atoms with Crippen LogP contribution in [0.2, 0.25) is 0 Å². The van der Waals surface area contributed by atoms with Crippen molar-refractivity contribution in [3.63, 3.8) is 0 Å². The summed E-state index contributed by atoms with van der Waals surface area (Å²) in [6.07, 6.45) is 26.0. The minimum absolute atomic E-state index is 0.535. The number of hydrogen-bond acceptors (Lipinski definition) is 4. The SMILES string of the molecule is CCCCCCCCCCCCSCC(C(=O)O)c1cccc2c(C(CSCCCCCCCCCCCC)C(=O)O)cccc12. The van der Waals surface area contributed by atoms with Crippen LogP contribution in [-0.4, -0.2) is 45.2 Å². The molecule has 260 valence electrons. The highest BCUT2D eigenvalue weighted by Crippen LogP contribution is 2.34. The van der Waals surface area contributed by atoms with E-state index < -0.39 is 23.8 Å². The largest absolute Gasteiger partial charge is 0.481 e. The van der Waals surface area contributed by atoms with Crippen molar-refractivity contribution in [2.45, 2.75) is 154 Å². The maximum atomic E-state index is 12.4. The standard InChI is InChI=1S/C40H64O4S2/c1-3-5-7-9-11-13-15-17-19-21-29-45-31-37(39(41)42)35-27-23-26-34-33(35)25-24-28-36(34)38(40(43)44)32-46-30-22-20-18-16-14-12-10-8-6-4-2/h23-28,37-38H,3-22,29-32H2,1-2H3,(H,41,42)(H,43,44). The van der Waals surface area contributed by atoms with Gasteiger partial charge in [0.05, 0.1) is 11.8 Å². The molecule has 0 fully saturated rings. The topological polar surface area (TPSA) is 74.6 Å². The molecule has 0 aromatic heterocycles. The van der Waals surface area contributed by atoms with Gasteiger partial charge in [-0.3, -0.25) is 9.59 Å². The van der Waals surface area contributed by atoms with E-state index in [0.717, 1.165) is 46.2 Å². The molecule has 0 amide bonds. The molecule has 2 atom stereocenters. The first-order valence-electron chi connectivity index (χ1n) is 18.6. The third-order valence-corrected chi connectivity index (χ3v) is 11.5. The first-order chi connectivity index (χ1) is 22.5. The molecule has 2 aromatic carbocycles. The fourth-order valence-electron chi connectivity index (χ4n) is 6.34. The predicted octanol–water partition coefficient (Wildman–Crippen LogP) is 12.5. The van der Waals surface area contributed by atoms with Crippen LogP contribution >= 0.6 is 23.5 Å². The Bertz CT molecular complexity index is 1000. The third kappa shape index (κ3) is 16.4. The van der Waals surface area contributed by atoms with Crippen molar-refractivity contribution in [1.82, 2.24) is 0 Å². The maximum Gasteiger partial charge on any atom is 0.311 e. The Morgan fingerprint density at radius 2 is 0.804 bits per heavy atom. The van der Waals surface area contributed by atoms with E-state index in [0.29, 0.717) is 11.5 Å². The molecule has 0 saturated carbocycles. The molecule has 0 heterocycles. The second kappa shape index (κ2) is 26.3. The van der Waals surface area contributed by atoms with Gasteiger partial charge in [0.1, 0.15) is 0 Å². The summed E-state index contributed by atoms with van der Waals surface area (Å²) >= 11 is 3.47. The number of fused-ring (bicyclic) bond motifs is 1. The van der Waals surface area contributed by atoms with Crippen molar-refractivity contribution >= 4 is 46.2 Å². The number of carboxylic acid groups (broad SMARTS) is 2. The summed E-state index contributed by atoms with van der Waals surface area (Å²) in [5, 5.41) is 22.1. The fraction of sp³-hybridized carbons (Fsp3) is 0.700. The van der Waals surface area contributed by atoms with Gasteiger partial charge in [0.2, 0.25) is 0 Å². The lowest BCUT2D eigenvalue weighted by molar-refractivity contribution is -0.139. The van der Waals surface area contributed by atoms with Gasteiger partial charge < -0.3 is 10.2 Å². The van der Waals surface area contributed by atoms with Crippen LogP contribution in [0, 0.1) is 0 Å². The fourth-order valence-corrected chi connectivity index (χ4v) is 8.61. The van der Waals surface area contributed by atoms with Gasteiger partial charge in [0, 0.05) is 11.5 Å². The summed E-state index contributed by atoms with van der Waals surface area (Å²) in [5.74, 6) is 0.189. The predicted molar refractivity (Wildman–Crippen MR) is 203 cm³/mol. The Morgan fingerprint density at radius 3 is 1.11 bits per heavy atom. The first kappa shape index (κ1) is 40.5. The van der Waals surface area contributed by atoms with Gasteiger partial charge in [0.15, 0.2) is 0 Å². The van der Waals surface area contributed by atoms with E-state index in [-0.39, 0.29) is 0 Å². The number of thioether (sulfide) groups is 2. The molecule has 6 heteroatoms. The number of hydrogen-bond donors (Lipinski definition) is 2. The van der Waals surface area contributed by atoms with Crippen LogP contribution in [0.4, 0.5) is 0 Å². The lowest BCUT2D eigenvalue weighted by Crippen LogP contribution is -2.17. The Balaban J connectivity index is 1.84. The Morgan fingerprint density at radius 1 is 0.500 bits per heavy atom. The number of unbranched alkanes of at least 4 members (excludes halogenated alkanes) is 18. The Labute approximate surface area is 289 Å². The molecule has 0 bridgehead atoms. The van der Waals surface area contributed by atoms with E-state index in [1.807, 2.05) is 36.4 Å². The molecular formula is C40H64O4S2. The quantitative estimate of drug-likeness (QED) is 0.0805. The van der Waals surface area contributed by atoms with Crippen LogP contribution in [-0.2, 0) is 9.59 Å². The monoisotopic (exact) mass is 672 g/mol. The normalized spacial score (nSPS) is 12.8. The number of rotatable bonds is 30. The smallest absolute Gasteiger partial charge is 0.311 e. The van der Waals surface area contributed by atoms with Crippen molar-refractivity contribution < 1.29 is 19.8 Å². The van der Waals surface area contributed by atoms with Crippen LogP contribution in [0.15, 0.2) is 36.4 Å². The molecule has 0 saturated heterocycles. The number of aliphatic carboxylic acids is 2. The van der Waals surface area contributed by atoms with Gasteiger partial charge in [-0.2, -0.15) is 23.5 Å². The molecule has 2 rings (SSSR count). The van der Waals surface area contributed by atoms with Gasteiger partial charge in [-0.25, -0.2) is 0 Å². The highest BCUT2D eigenvalue weighted by atomic mass is 32.2. The zero-order valence-electron chi connectivity index (χ0n) is 29.1. The van der Waals surface area contributed by atoms with Crippen molar-refractivity contribution in [1.29, 1.82) is 0 Å². The highest BCUT2D eigenvalue weighted by molar-refractivity contribution is 7.99. The molecule has 0 spiro atoms. The van der Waals surface area contributed by atoms with Crippen LogP contribution in [0.25, 0.3) is 10.8 Å². The summed E-state index contributed by atoms with van der Waals surface area (Å²) in [6.45, 7) is 4.51. The van der Waals surface area contributed by atoms with Gasteiger partial charge in [0.25, 0.3) is 0 Å². The lowest BCUT2D eigenvalue weighted by Gasteiger charge is -2.19. The molecule has 0 aliphatic carbocycles. The van der Waals surface area contributed by atoms with E-state index in [1.165, 1.54) is 116 Å². The first-order valence-corrected chi connectivity index (χ1v) is 20.9. The van der Waals surface area contributed by atoms with Crippen LogP contribution in [0.1, 0.15) is 165 Å². The molecule has 0 aliphatic rings. The van der Waals surface area contributed by atoms with E-state index in [4.69, 9.17) is 0 Å². The average Bonchev–Trinajstić information content (AvgIpc) is 3.05. The van der Waals surface area contributed by atoms with Crippen molar-refractivity contribution in [3.05, 3.63) is 47.5 Å². The Kier molecular flexibility index (Phi) is 23.2. The molecule has 2 N–H and O–H groups in total. The van der Waals surface area contributed by atoms with Crippen LogP contribution in [0.3, 0.4) is 0 Å². The minimum atomic E-state index is -0.810. The molecule has 4 nitrogen and oxygen atoms in total. The number of carboxylic acids is 2. The van der Waals surface area contributed by atoms with E-state index in [2.05, 4.69) is 13.8 Å². The van der Waals surface area contributed by atoms with Gasteiger partial charge in [-0.15, -0.1) is 0 Å². The molecule has 0 radical (unpaired) electrons. The zero-order chi connectivity index (χ0) is 33.2. The average molecular weight is 673 g/mol. The molecule has 2 unspecified atom stereocenters. The Hall–Kier alpha value is -1.66. The summed E-state index contributed by atoms with van der Waals surface area (Å²) in [7, 11) is 0. The van der Waals surface area contributed by atoms with Gasteiger partial charge in [-0.05, 0) is 46.2 Å². The van der Waals surface area contributed by atoms with Crippen molar-refractivity contribution in [2.24, 2.45) is 0 Å². The van der Waals surface area contributed by atoms with E-state index in [9.17, 15) is 19.8 Å². The number of benzene rings is 2. The molecule has 2 aromatic rings.